The molecule has 1 aliphatic heterocycles. The largest absolute Gasteiger partial charge is 0.342 e. The zero-order valence-corrected chi connectivity index (χ0v) is 18.8. The molecule has 0 radical (unpaired) electrons. The van der Waals surface area contributed by atoms with Gasteiger partial charge in [0.1, 0.15) is 5.82 Å². The Morgan fingerprint density at radius 3 is 2.55 bits per heavy atom. The van der Waals surface area contributed by atoms with Crippen LogP contribution in [0.25, 0.3) is 11.0 Å². The summed E-state index contributed by atoms with van der Waals surface area (Å²) in [7, 11) is 0. The summed E-state index contributed by atoms with van der Waals surface area (Å²) in [5.74, 6) is 0.665. The predicted molar refractivity (Wildman–Crippen MR) is 122 cm³/mol. The molecule has 7 heteroatoms. The summed E-state index contributed by atoms with van der Waals surface area (Å²) in [4.78, 5) is 35.5. The van der Waals surface area contributed by atoms with Crippen molar-refractivity contribution in [1.29, 1.82) is 0 Å². The van der Waals surface area contributed by atoms with Gasteiger partial charge in [0, 0.05) is 29.2 Å². The van der Waals surface area contributed by atoms with Gasteiger partial charge in [-0.3, -0.25) is 9.59 Å². The van der Waals surface area contributed by atoms with Crippen molar-refractivity contribution in [3.8, 4) is 0 Å². The molecule has 0 bridgehead atoms. The van der Waals surface area contributed by atoms with Crippen LogP contribution in [0.3, 0.4) is 0 Å². The smallest absolute Gasteiger partial charge is 0.254 e. The van der Waals surface area contributed by atoms with Crippen LogP contribution in [0.1, 0.15) is 64.8 Å². The number of aromatic nitrogens is 2. The minimum atomic E-state index is -0.287. The molecule has 6 nitrogen and oxygen atoms in total. The minimum Gasteiger partial charge on any atom is -0.342 e. The molecule has 3 aromatic rings. The van der Waals surface area contributed by atoms with E-state index < -0.39 is 0 Å². The van der Waals surface area contributed by atoms with Crippen LogP contribution in [0.4, 0.5) is 0 Å². The van der Waals surface area contributed by atoms with Crippen molar-refractivity contribution in [3.63, 3.8) is 0 Å². The van der Waals surface area contributed by atoms with E-state index in [1.165, 1.54) is 0 Å². The first-order valence-electron chi connectivity index (χ1n) is 10.7. The molecule has 2 N–H and O–H groups in total. The standard InChI is InChI=1S/C24H27ClN4O2/c1-14(2)21(22-26-19-9-7-17(25)13-20(19)27-22)28-23(30)16-6-8-18(15(3)12-16)24(31)29-10-4-5-11-29/h6-9,12-14,21H,4-5,10-11H2,1-3H3,(H,26,27)(H,28,30). The SMILES string of the molecule is Cc1cc(C(=O)NC(c2nc3cc(Cl)ccc3[nH]2)C(C)C)ccc1C(=O)N1CCCC1. The van der Waals surface area contributed by atoms with Crippen LogP contribution in [0.5, 0.6) is 0 Å². The lowest BCUT2D eigenvalue weighted by molar-refractivity contribution is 0.0791. The van der Waals surface area contributed by atoms with Gasteiger partial charge in [0.05, 0.1) is 17.1 Å². The van der Waals surface area contributed by atoms with Gasteiger partial charge in [-0.1, -0.05) is 25.4 Å². The first-order chi connectivity index (χ1) is 14.8. The number of hydrogen-bond donors (Lipinski definition) is 2. The number of amides is 2. The van der Waals surface area contributed by atoms with E-state index >= 15 is 0 Å². The Hall–Kier alpha value is -2.86. The van der Waals surface area contributed by atoms with E-state index in [2.05, 4.69) is 15.3 Å². The Balaban J connectivity index is 1.54. The van der Waals surface area contributed by atoms with Gasteiger partial charge >= 0.3 is 0 Å². The van der Waals surface area contributed by atoms with Crippen LogP contribution in [-0.4, -0.2) is 39.8 Å². The van der Waals surface area contributed by atoms with Gasteiger partial charge in [-0.25, -0.2) is 4.98 Å². The first kappa shape index (κ1) is 21.4. The normalized spacial score (nSPS) is 14.9. The van der Waals surface area contributed by atoms with Crippen molar-refractivity contribution < 1.29 is 9.59 Å². The molecule has 1 aliphatic rings. The quantitative estimate of drug-likeness (QED) is 0.595. The summed E-state index contributed by atoms with van der Waals surface area (Å²) in [6.07, 6.45) is 2.10. The van der Waals surface area contributed by atoms with Gasteiger partial charge in [-0.15, -0.1) is 0 Å². The first-order valence-corrected chi connectivity index (χ1v) is 11.1. The third-order valence-corrected chi connectivity index (χ3v) is 6.06. The molecule has 2 amide bonds. The number of halogens is 1. The summed E-state index contributed by atoms with van der Waals surface area (Å²) in [5, 5.41) is 3.71. The van der Waals surface area contributed by atoms with Gasteiger partial charge in [-0.2, -0.15) is 0 Å². The fraction of sp³-hybridized carbons (Fsp3) is 0.375. The predicted octanol–water partition coefficient (Wildman–Crippen LogP) is 4.89. The fourth-order valence-electron chi connectivity index (χ4n) is 4.06. The molecule has 4 rings (SSSR count). The average Bonchev–Trinajstić information content (AvgIpc) is 3.40. The third kappa shape index (κ3) is 4.44. The summed E-state index contributed by atoms with van der Waals surface area (Å²) >= 11 is 6.08. The number of aryl methyl sites for hydroxylation is 1. The van der Waals surface area contributed by atoms with Crippen LogP contribution in [0.2, 0.25) is 5.02 Å². The minimum absolute atomic E-state index is 0.0444. The average molecular weight is 439 g/mol. The summed E-state index contributed by atoms with van der Waals surface area (Å²) < 4.78 is 0. The molecule has 1 unspecified atom stereocenters. The summed E-state index contributed by atoms with van der Waals surface area (Å²) in [6, 6.07) is 10.5. The van der Waals surface area contributed by atoms with Crippen LogP contribution < -0.4 is 5.32 Å². The number of nitrogens with one attached hydrogen (secondary N) is 2. The second-order valence-electron chi connectivity index (χ2n) is 8.51. The molecule has 0 saturated carbocycles. The lowest BCUT2D eigenvalue weighted by atomic mass is 10.0. The van der Waals surface area contributed by atoms with E-state index in [4.69, 9.17) is 11.6 Å². The van der Waals surface area contributed by atoms with E-state index in [9.17, 15) is 9.59 Å². The molecule has 162 valence electrons. The van der Waals surface area contributed by atoms with Crippen molar-refractivity contribution in [1.82, 2.24) is 20.2 Å². The summed E-state index contributed by atoms with van der Waals surface area (Å²) in [5.41, 5.74) is 3.64. The number of nitrogens with zero attached hydrogens (tertiary/aromatic N) is 2. The molecule has 1 aromatic heterocycles. The van der Waals surface area contributed by atoms with Gasteiger partial charge in [0.15, 0.2) is 0 Å². The number of H-pyrrole nitrogens is 1. The second kappa shape index (κ2) is 8.71. The Bertz CT molecular complexity index is 1130. The van der Waals surface area contributed by atoms with Crippen molar-refractivity contribution in [2.24, 2.45) is 5.92 Å². The highest BCUT2D eigenvalue weighted by Gasteiger charge is 2.24. The lowest BCUT2D eigenvalue weighted by Gasteiger charge is -2.21. The van der Waals surface area contributed by atoms with E-state index in [1.54, 1.807) is 24.3 Å². The van der Waals surface area contributed by atoms with Gasteiger partial charge < -0.3 is 15.2 Å². The number of benzene rings is 2. The molecule has 2 aromatic carbocycles. The van der Waals surface area contributed by atoms with E-state index in [1.807, 2.05) is 37.8 Å². The maximum absolute atomic E-state index is 13.0. The van der Waals surface area contributed by atoms with Gasteiger partial charge in [0.2, 0.25) is 0 Å². The van der Waals surface area contributed by atoms with Crippen molar-refractivity contribution in [2.45, 2.75) is 39.7 Å². The molecule has 0 spiro atoms. The lowest BCUT2D eigenvalue weighted by Crippen LogP contribution is -2.33. The van der Waals surface area contributed by atoms with Crippen LogP contribution >= 0.6 is 11.6 Å². The number of aromatic amines is 1. The highest BCUT2D eigenvalue weighted by atomic mass is 35.5. The zero-order chi connectivity index (χ0) is 22.1. The number of rotatable bonds is 5. The number of carbonyl (C=O) groups excluding carboxylic acids is 2. The Morgan fingerprint density at radius 2 is 1.87 bits per heavy atom. The highest BCUT2D eigenvalue weighted by molar-refractivity contribution is 6.31. The van der Waals surface area contributed by atoms with Crippen molar-refractivity contribution in [2.75, 3.05) is 13.1 Å². The maximum Gasteiger partial charge on any atom is 0.254 e. The Labute approximate surface area is 187 Å². The van der Waals surface area contributed by atoms with Crippen LogP contribution in [-0.2, 0) is 0 Å². The topological polar surface area (TPSA) is 78.1 Å². The van der Waals surface area contributed by atoms with Gasteiger partial charge in [-0.05, 0) is 67.6 Å². The monoisotopic (exact) mass is 438 g/mol. The Kier molecular flexibility index (Phi) is 6.01. The third-order valence-electron chi connectivity index (χ3n) is 5.82. The summed E-state index contributed by atoms with van der Waals surface area (Å²) in [6.45, 7) is 7.56. The number of imidazole rings is 1. The van der Waals surface area contributed by atoms with Crippen molar-refractivity contribution >= 4 is 34.4 Å². The van der Waals surface area contributed by atoms with E-state index in [-0.39, 0.29) is 23.8 Å². The van der Waals surface area contributed by atoms with Crippen molar-refractivity contribution in [3.05, 3.63) is 63.9 Å². The number of hydrogen-bond acceptors (Lipinski definition) is 3. The molecule has 1 saturated heterocycles. The number of fused-ring (bicyclic) bond motifs is 1. The molecule has 0 aliphatic carbocycles. The second-order valence-corrected chi connectivity index (χ2v) is 8.94. The number of likely N-dealkylation sites (tertiary alicyclic amines) is 1. The molecule has 2 heterocycles. The molecular formula is C24H27ClN4O2. The molecule has 1 atom stereocenters. The van der Waals surface area contributed by atoms with Gasteiger partial charge in [0.25, 0.3) is 11.8 Å². The molecule has 1 fully saturated rings. The zero-order valence-electron chi connectivity index (χ0n) is 18.0. The Morgan fingerprint density at radius 1 is 1.13 bits per heavy atom. The maximum atomic E-state index is 13.0. The van der Waals surface area contributed by atoms with E-state index in [0.29, 0.717) is 22.0 Å². The van der Waals surface area contributed by atoms with Crippen LogP contribution in [0.15, 0.2) is 36.4 Å². The molecular weight excluding hydrogens is 412 g/mol. The highest BCUT2D eigenvalue weighted by Crippen LogP contribution is 2.25. The van der Waals surface area contributed by atoms with E-state index in [0.717, 1.165) is 42.5 Å². The molecule has 31 heavy (non-hydrogen) atoms. The fourth-order valence-corrected chi connectivity index (χ4v) is 4.22. The number of carbonyl (C=O) groups is 2. The van der Waals surface area contributed by atoms with Crippen LogP contribution in [0, 0.1) is 12.8 Å².